The monoisotopic (exact) mass is 348 g/mol. The van der Waals surface area contributed by atoms with Crippen LogP contribution in [0.5, 0.6) is 0 Å². The summed E-state index contributed by atoms with van der Waals surface area (Å²) in [5.74, 6) is -0.293. The molecule has 1 fully saturated rings. The van der Waals surface area contributed by atoms with Gasteiger partial charge in [-0.15, -0.1) is 0 Å². The van der Waals surface area contributed by atoms with Gasteiger partial charge >= 0.3 is 5.97 Å². The van der Waals surface area contributed by atoms with E-state index in [1.54, 1.807) is 6.92 Å². The lowest BCUT2D eigenvalue weighted by Gasteiger charge is -2.19. The third kappa shape index (κ3) is 2.75. The number of hydrogen-bond acceptors (Lipinski definition) is 3. The van der Waals surface area contributed by atoms with Gasteiger partial charge in [0.05, 0.1) is 6.54 Å². The molecule has 0 amide bonds. The maximum atomic E-state index is 11.8. The van der Waals surface area contributed by atoms with E-state index >= 15 is 0 Å². The number of fused-ring (bicyclic) bond motifs is 3. The van der Waals surface area contributed by atoms with Crippen LogP contribution in [0.2, 0.25) is 0 Å². The van der Waals surface area contributed by atoms with Gasteiger partial charge in [0.2, 0.25) is 0 Å². The fourth-order valence-corrected chi connectivity index (χ4v) is 3.89. The molecule has 3 aromatic rings. The van der Waals surface area contributed by atoms with Crippen molar-refractivity contribution in [3.8, 4) is 0 Å². The van der Waals surface area contributed by atoms with Gasteiger partial charge in [-0.1, -0.05) is 24.8 Å². The normalized spacial score (nSPS) is 17.2. The van der Waals surface area contributed by atoms with Crippen molar-refractivity contribution in [1.82, 2.24) is 4.57 Å². The number of carbonyl (C=O) groups is 1. The molecule has 1 aliphatic rings. The summed E-state index contributed by atoms with van der Waals surface area (Å²) in [6.45, 7) is 10.1. The minimum atomic E-state index is -0.293. The quantitative estimate of drug-likeness (QED) is 0.514. The van der Waals surface area contributed by atoms with Crippen LogP contribution in [-0.2, 0) is 16.1 Å². The van der Waals surface area contributed by atoms with Gasteiger partial charge in [0.1, 0.15) is 6.10 Å². The highest BCUT2D eigenvalue weighted by molar-refractivity contribution is 6.09. The molecule has 0 N–H and O–H groups in total. The van der Waals surface area contributed by atoms with E-state index in [1.807, 2.05) is 0 Å². The smallest absolute Gasteiger partial charge is 0.333 e. The van der Waals surface area contributed by atoms with Crippen LogP contribution in [-0.4, -0.2) is 29.7 Å². The predicted molar refractivity (Wildman–Crippen MR) is 107 cm³/mol. The van der Waals surface area contributed by atoms with Gasteiger partial charge < -0.3 is 14.2 Å². The van der Waals surface area contributed by atoms with Gasteiger partial charge in [0, 0.05) is 52.6 Å². The van der Waals surface area contributed by atoms with Crippen LogP contribution < -0.4 is 4.90 Å². The Kier molecular flexibility index (Phi) is 4.19. The van der Waals surface area contributed by atoms with Crippen LogP contribution in [0.25, 0.3) is 21.8 Å². The molecule has 134 valence electrons. The van der Waals surface area contributed by atoms with E-state index < -0.39 is 0 Å². The number of rotatable bonds is 4. The van der Waals surface area contributed by atoms with Crippen molar-refractivity contribution in [1.29, 1.82) is 0 Å². The summed E-state index contributed by atoms with van der Waals surface area (Å²) in [7, 11) is 0. The zero-order valence-corrected chi connectivity index (χ0v) is 15.4. The number of aromatic nitrogens is 1. The third-order valence-electron chi connectivity index (χ3n) is 5.20. The maximum Gasteiger partial charge on any atom is 0.333 e. The van der Waals surface area contributed by atoms with Crippen molar-refractivity contribution in [2.45, 2.75) is 32.9 Å². The molecule has 1 saturated heterocycles. The van der Waals surface area contributed by atoms with Gasteiger partial charge in [-0.25, -0.2) is 4.79 Å². The highest BCUT2D eigenvalue weighted by atomic mass is 16.5. The van der Waals surface area contributed by atoms with Crippen molar-refractivity contribution in [2.24, 2.45) is 0 Å². The lowest BCUT2D eigenvalue weighted by molar-refractivity contribution is -0.143. The van der Waals surface area contributed by atoms with Crippen molar-refractivity contribution >= 4 is 33.5 Å². The summed E-state index contributed by atoms with van der Waals surface area (Å²) >= 11 is 0. The minimum Gasteiger partial charge on any atom is -0.457 e. The number of carbonyl (C=O) groups excluding carboxylic acids is 1. The molecular weight excluding hydrogens is 324 g/mol. The summed E-state index contributed by atoms with van der Waals surface area (Å²) in [4.78, 5) is 14.1. The first-order valence-electron chi connectivity index (χ1n) is 9.21. The molecule has 1 aliphatic heterocycles. The highest BCUT2D eigenvalue weighted by Crippen LogP contribution is 2.33. The Labute approximate surface area is 153 Å². The molecule has 0 aliphatic carbocycles. The summed E-state index contributed by atoms with van der Waals surface area (Å²) in [6, 6.07) is 15.2. The molecule has 2 heterocycles. The zero-order valence-electron chi connectivity index (χ0n) is 15.4. The molecule has 2 aromatic carbocycles. The van der Waals surface area contributed by atoms with E-state index in [0.29, 0.717) is 5.57 Å². The molecule has 26 heavy (non-hydrogen) atoms. The molecule has 0 spiro atoms. The van der Waals surface area contributed by atoms with E-state index in [1.165, 1.54) is 27.5 Å². The fraction of sp³-hybridized carbons (Fsp3) is 0.318. The van der Waals surface area contributed by atoms with E-state index in [2.05, 4.69) is 65.4 Å². The Morgan fingerprint density at radius 1 is 1.19 bits per heavy atom. The number of ether oxygens (including phenoxy) is 1. The number of para-hydroxylation sites is 1. The van der Waals surface area contributed by atoms with Gasteiger partial charge in [0.25, 0.3) is 0 Å². The molecule has 4 nitrogen and oxygen atoms in total. The second-order valence-electron chi connectivity index (χ2n) is 7.01. The maximum absolute atomic E-state index is 11.8. The van der Waals surface area contributed by atoms with Crippen molar-refractivity contribution in [3.63, 3.8) is 0 Å². The van der Waals surface area contributed by atoms with E-state index in [-0.39, 0.29) is 12.1 Å². The highest BCUT2D eigenvalue weighted by Gasteiger charge is 2.26. The van der Waals surface area contributed by atoms with Gasteiger partial charge in [-0.05, 0) is 38.1 Å². The fourth-order valence-electron chi connectivity index (χ4n) is 3.89. The SMILES string of the molecule is C=C(C)C(=O)O[C@H]1CCN(c2ccc3c(c2)c2ccccc2n3CC)C1. The third-order valence-corrected chi connectivity index (χ3v) is 5.20. The molecule has 0 unspecified atom stereocenters. The summed E-state index contributed by atoms with van der Waals surface area (Å²) < 4.78 is 7.88. The van der Waals surface area contributed by atoms with Gasteiger partial charge in [-0.2, -0.15) is 0 Å². The van der Waals surface area contributed by atoms with Crippen LogP contribution in [0.15, 0.2) is 54.6 Å². The summed E-state index contributed by atoms with van der Waals surface area (Å²) in [5.41, 5.74) is 4.18. The lowest BCUT2D eigenvalue weighted by atomic mass is 10.1. The number of nitrogens with zero attached hydrogens (tertiary/aromatic N) is 2. The number of hydrogen-bond donors (Lipinski definition) is 0. The number of anilines is 1. The first-order chi connectivity index (χ1) is 12.6. The van der Waals surface area contributed by atoms with Crippen molar-refractivity contribution < 1.29 is 9.53 Å². The number of esters is 1. The Balaban J connectivity index is 1.65. The molecule has 0 bridgehead atoms. The molecule has 0 radical (unpaired) electrons. The van der Waals surface area contributed by atoms with Crippen LogP contribution in [0, 0.1) is 0 Å². The van der Waals surface area contributed by atoms with E-state index in [4.69, 9.17) is 4.74 Å². The molecule has 4 rings (SSSR count). The van der Waals surface area contributed by atoms with Gasteiger partial charge in [-0.3, -0.25) is 0 Å². The van der Waals surface area contributed by atoms with E-state index in [0.717, 1.165) is 26.1 Å². The minimum absolute atomic E-state index is 0.0631. The van der Waals surface area contributed by atoms with Crippen LogP contribution in [0.4, 0.5) is 5.69 Å². The molecule has 1 atom stereocenters. The van der Waals surface area contributed by atoms with Crippen LogP contribution in [0.1, 0.15) is 20.3 Å². The lowest BCUT2D eigenvalue weighted by Crippen LogP contribution is -2.24. The summed E-state index contributed by atoms with van der Waals surface area (Å²) in [6.07, 6.45) is 0.792. The van der Waals surface area contributed by atoms with Gasteiger partial charge in [0.15, 0.2) is 0 Å². The first-order valence-corrected chi connectivity index (χ1v) is 9.21. The topological polar surface area (TPSA) is 34.5 Å². The molecular formula is C22H24N2O2. The largest absolute Gasteiger partial charge is 0.457 e. The van der Waals surface area contributed by atoms with Crippen LogP contribution in [0.3, 0.4) is 0 Å². The zero-order chi connectivity index (χ0) is 18.3. The molecule has 0 saturated carbocycles. The van der Waals surface area contributed by atoms with Crippen LogP contribution >= 0.6 is 0 Å². The second-order valence-corrected chi connectivity index (χ2v) is 7.01. The molecule has 1 aromatic heterocycles. The van der Waals surface area contributed by atoms with E-state index in [9.17, 15) is 4.79 Å². The summed E-state index contributed by atoms with van der Waals surface area (Å²) in [5, 5.41) is 2.57. The Morgan fingerprint density at radius 3 is 2.73 bits per heavy atom. The van der Waals surface area contributed by atoms with Crippen molar-refractivity contribution in [2.75, 3.05) is 18.0 Å². The Hall–Kier alpha value is -2.75. The molecule has 4 heteroatoms. The average molecular weight is 348 g/mol. The average Bonchev–Trinajstić information content (AvgIpc) is 3.23. The first kappa shape index (κ1) is 16.7. The second kappa shape index (κ2) is 6.52. The Bertz CT molecular complexity index is 1000. The predicted octanol–water partition coefficient (Wildman–Crippen LogP) is 4.51. The number of benzene rings is 2. The number of aryl methyl sites for hydroxylation is 1. The standard InChI is InChI=1S/C22H24N2O2/c1-4-24-20-8-6-5-7-18(20)19-13-16(9-10-21(19)24)23-12-11-17(14-23)26-22(25)15(2)3/h5-10,13,17H,2,4,11-12,14H2,1,3H3/t17-/m0/s1. The van der Waals surface area contributed by atoms with Crippen molar-refractivity contribution in [3.05, 3.63) is 54.6 Å². The Morgan fingerprint density at radius 2 is 1.96 bits per heavy atom.